The minimum Gasteiger partial charge on any atom is -0.265 e. The molecule has 2 aromatic carbocycles. The Morgan fingerprint density at radius 1 is 0.792 bits per heavy atom. The largest absolute Gasteiger partial charge is 0.265 e. The van der Waals surface area contributed by atoms with Crippen LogP contribution in [0.1, 0.15) is 22.7 Å². The molecule has 1 atom stereocenters. The lowest BCUT2D eigenvalue weighted by Crippen LogP contribution is -2.30. The summed E-state index contributed by atoms with van der Waals surface area (Å²) in [6.45, 7) is 0. The summed E-state index contributed by atoms with van der Waals surface area (Å²) in [5.41, 5.74) is 2.50. The Kier molecular flexibility index (Phi) is 5.03. The van der Waals surface area contributed by atoms with Crippen LogP contribution in [0.3, 0.4) is 0 Å². The lowest BCUT2D eigenvalue weighted by molar-refractivity contribution is 0.571. The number of hydrogen-bond acceptors (Lipinski definition) is 3. The van der Waals surface area contributed by atoms with Crippen molar-refractivity contribution in [2.45, 2.75) is 11.8 Å². The third-order valence-electron chi connectivity index (χ3n) is 3.67. The van der Waals surface area contributed by atoms with Crippen LogP contribution in [-0.4, -0.2) is 13.4 Å². The van der Waals surface area contributed by atoms with Gasteiger partial charge in [0.15, 0.2) is 0 Å². The molecular formula is C19H18N2O2S. The molecule has 0 radical (unpaired) electrons. The molecule has 3 aromatic rings. The fraction of sp³-hybridized carbons (Fsp3) is 0.105. The summed E-state index contributed by atoms with van der Waals surface area (Å²) in [5.74, 6) is -0.0533. The number of pyridine rings is 1. The maximum Gasteiger partial charge on any atom is 0.216 e. The quantitative estimate of drug-likeness (QED) is 0.750. The fourth-order valence-electron chi connectivity index (χ4n) is 2.54. The molecule has 1 N–H and O–H groups in total. The van der Waals surface area contributed by atoms with Gasteiger partial charge in [-0.2, -0.15) is 0 Å². The van der Waals surface area contributed by atoms with Crippen molar-refractivity contribution in [3.63, 3.8) is 0 Å². The smallest absolute Gasteiger partial charge is 0.216 e. The van der Waals surface area contributed by atoms with Crippen LogP contribution in [0.2, 0.25) is 0 Å². The number of benzene rings is 2. The normalized spacial score (nSPS) is 12.7. The van der Waals surface area contributed by atoms with Gasteiger partial charge >= 0.3 is 0 Å². The Labute approximate surface area is 142 Å². The van der Waals surface area contributed by atoms with Gasteiger partial charge in [-0.15, -0.1) is 0 Å². The molecule has 4 nitrogen and oxygen atoms in total. The second kappa shape index (κ2) is 7.38. The summed E-state index contributed by atoms with van der Waals surface area (Å²) in [6, 6.07) is 21.9. The van der Waals surface area contributed by atoms with Crippen LogP contribution in [0.4, 0.5) is 0 Å². The van der Waals surface area contributed by atoms with Crippen LogP contribution in [0, 0.1) is 0 Å². The van der Waals surface area contributed by atoms with E-state index in [1.807, 2.05) is 72.8 Å². The molecule has 0 aliphatic heterocycles. The van der Waals surface area contributed by atoms with Crippen molar-refractivity contribution in [1.82, 2.24) is 9.71 Å². The van der Waals surface area contributed by atoms with Crippen molar-refractivity contribution >= 4 is 10.0 Å². The van der Waals surface area contributed by atoms with E-state index in [0.29, 0.717) is 0 Å². The molecule has 1 aromatic heterocycles. The first-order valence-corrected chi connectivity index (χ1v) is 9.28. The third-order valence-corrected chi connectivity index (χ3v) is 4.98. The monoisotopic (exact) mass is 338 g/mol. The molecule has 0 fully saturated rings. The summed E-state index contributed by atoms with van der Waals surface area (Å²) in [6.07, 6.45) is 3.33. The van der Waals surface area contributed by atoms with Gasteiger partial charge in [0.2, 0.25) is 10.0 Å². The minimum absolute atomic E-state index is 0.0533. The molecule has 0 saturated carbocycles. The molecule has 0 amide bonds. The Bertz CT molecular complexity index is 828. The minimum atomic E-state index is -3.50. The number of sulfonamides is 1. The molecule has 0 bridgehead atoms. The average molecular weight is 338 g/mol. The summed E-state index contributed by atoms with van der Waals surface area (Å²) in [7, 11) is -3.50. The van der Waals surface area contributed by atoms with Crippen molar-refractivity contribution in [2.75, 3.05) is 0 Å². The van der Waals surface area contributed by atoms with Crippen LogP contribution in [0.5, 0.6) is 0 Å². The van der Waals surface area contributed by atoms with E-state index in [0.717, 1.165) is 16.7 Å². The number of aromatic nitrogens is 1. The Balaban J connectivity index is 1.89. The fourth-order valence-corrected chi connectivity index (χ4v) is 3.89. The summed E-state index contributed by atoms with van der Waals surface area (Å²) >= 11 is 0. The SMILES string of the molecule is O=S(=O)(Cc1ccccc1)NC(c1ccccc1)c1ccncc1. The standard InChI is InChI=1S/C19H18N2O2S/c22-24(23,15-16-7-3-1-4-8-16)21-19(17-9-5-2-6-10-17)18-11-13-20-14-12-18/h1-14,19,21H,15H2. The lowest BCUT2D eigenvalue weighted by atomic mass is 10.0. The van der Waals surface area contributed by atoms with Crippen molar-refractivity contribution in [1.29, 1.82) is 0 Å². The van der Waals surface area contributed by atoms with E-state index in [2.05, 4.69) is 9.71 Å². The van der Waals surface area contributed by atoms with E-state index in [1.165, 1.54) is 0 Å². The zero-order valence-corrected chi connectivity index (χ0v) is 13.9. The first-order valence-electron chi connectivity index (χ1n) is 7.63. The van der Waals surface area contributed by atoms with Gasteiger partial charge in [-0.25, -0.2) is 13.1 Å². The third kappa shape index (κ3) is 4.28. The number of hydrogen-bond donors (Lipinski definition) is 1. The van der Waals surface area contributed by atoms with Gasteiger partial charge in [-0.3, -0.25) is 4.98 Å². The molecule has 3 rings (SSSR count). The van der Waals surface area contributed by atoms with Gasteiger partial charge in [0, 0.05) is 12.4 Å². The number of rotatable bonds is 6. The van der Waals surface area contributed by atoms with Gasteiger partial charge in [-0.1, -0.05) is 60.7 Å². The van der Waals surface area contributed by atoms with E-state index >= 15 is 0 Å². The zero-order chi connectivity index (χ0) is 16.8. The Morgan fingerprint density at radius 3 is 1.96 bits per heavy atom. The van der Waals surface area contributed by atoms with E-state index in [4.69, 9.17) is 0 Å². The lowest BCUT2D eigenvalue weighted by Gasteiger charge is -2.19. The van der Waals surface area contributed by atoms with E-state index in [-0.39, 0.29) is 5.75 Å². The second-order valence-corrected chi connectivity index (χ2v) is 7.24. The highest BCUT2D eigenvalue weighted by atomic mass is 32.2. The van der Waals surface area contributed by atoms with Gasteiger partial charge in [-0.05, 0) is 28.8 Å². The van der Waals surface area contributed by atoms with Crippen molar-refractivity contribution < 1.29 is 8.42 Å². The molecule has 122 valence electrons. The number of nitrogens with zero attached hydrogens (tertiary/aromatic N) is 1. The highest BCUT2D eigenvalue weighted by molar-refractivity contribution is 7.88. The highest BCUT2D eigenvalue weighted by Gasteiger charge is 2.21. The summed E-state index contributed by atoms with van der Waals surface area (Å²) in [5, 5.41) is 0. The van der Waals surface area contributed by atoms with Crippen LogP contribution >= 0.6 is 0 Å². The van der Waals surface area contributed by atoms with Gasteiger partial charge in [0.25, 0.3) is 0 Å². The van der Waals surface area contributed by atoms with E-state index < -0.39 is 16.1 Å². The van der Waals surface area contributed by atoms with E-state index in [9.17, 15) is 8.42 Å². The molecule has 5 heteroatoms. The second-order valence-electron chi connectivity index (χ2n) is 5.49. The molecule has 24 heavy (non-hydrogen) atoms. The maximum absolute atomic E-state index is 12.6. The zero-order valence-electron chi connectivity index (χ0n) is 13.0. The predicted molar refractivity (Wildman–Crippen MR) is 94.7 cm³/mol. The van der Waals surface area contributed by atoms with Crippen LogP contribution in [0.15, 0.2) is 85.2 Å². The predicted octanol–water partition coefficient (Wildman–Crippen LogP) is 3.29. The molecule has 1 heterocycles. The summed E-state index contributed by atoms with van der Waals surface area (Å²) in [4.78, 5) is 4.01. The van der Waals surface area contributed by atoms with Gasteiger partial charge < -0.3 is 0 Å². The van der Waals surface area contributed by atoms with Crippen molar-refractivity contribution in [3.05, 3.63) is 102 Å². The molecular weight excluding hydrogens is 320 g/mol. The molecule has 0 aliphatic carbocycles. The average Bonchev–Trinajstić information content (AvgIpc) is 2.62. The Morgan fingerprint density at radius 2 is 1.33 bits per heavy atom. The first-order chi connectivity index (χ1) is 11.6. The van der Waals surface area contributed by atoms with E-state index in [1.54, 1.807) is 12.4 Å². The number of nitrogens with one attached hydrogen (secondary N) is 1. The molecule has 0 saturated heterocycles. The maximum atomic E-state index is 12.6. The van der Waals surface area contributed by atoms with Crippen LogP contribution < -0.4 is 4.72 Å². The van der Waals surface area contributed by atoms with Gasteiger partial charge in [0.1, 0.15) is 0 Å². The van der Waals surface area contributed by atoms with Gasteiger partial charge in [0.05, 0.1) is 11.8 Å². The molecule has 0 aliphatic rings. The first kappa shape index (κ1) is 16.4. The molecule has 1 unspecified atom stereocenters. The topological polar surface area (TPSA) is 59.1 Å². The highest BCUT2D eigenvalue weighted by Crippen LogP contribution is 2.23. The van der Waals surface area contributed by atoms with Crippen LogP contribution in [-0.2, 0) is 15.8 Å². The Hall–Kier alpha value is -2.50. The van der Waals surface area contributed by atoms with Crippen LogP contribution in [0.25, 0.3) is 0 Å². The van der Waals surface area contributed by atoms with Crippen molar-refractivity contribution in [3.8, 4) is 0 Å². The summed E-state index contributed by atoms with van der Waals surface area (Å²) < 4.78 is 28.1. The van der Waals surface area contributed by atoms with Crippen molar-refractivity contribution in [2.24, 2.45) is 0 Å². The molecule has 0 spiro atoms.